The number of nitrogens with zero attached hydrogens (tertiary/aromatic N) is 1. The summed E-state index contributed by atoms with van der Waals surface area (Å²) in [5.74, 6) is -0.504. The summed E-state index contributed by atoms with van der Waals surface area (Å²) < 4.78 is 5.11. The lowest BCUT2D eigenvalue weighted by atomic mass is 10.1. The van der Waals surface area contributed by atoms with Gasteiger partial charge in [0.15, 0.2) is 0 Å². The molecule has 0 N–H and O–H groups in total. The number of rotatable bonds is 5. The number of ether oxygens (including phenoxy) is 1. The van der Waals surface area contributed by atoms with Crippen molar-refractivity contribution in [3.8, 4) is 0 Å². The summed E-state index contributed by atoms with van der Waals surface area (Å²) in [6.45, 7) is 5.18. The predicted molar refractivity (Wildman–Crippen MR) is 62.4 cm³/mol. The maximum absolute atomic E-state index is 11.1. The van der Waals surface area contributed by atoms with Crippen LogP contribution in [0.2, 0.25) is 0 Å². The van der Waals surface area contributed by atoms with E-state index in [2.05, 4.69) is 6.58 Å². The van der Waals surface area contributed by atoms with Crippen LogP contribution in [0.15, 0.2) is 36.9 Å². The van der Waals surface area contributed by atoms with Crippen molar-refractivity contribution in [3.05, 3.63) is 52.6 Å². The van der Waals surface area contributed by atoms with Crippen LogP contribution in [-0.4, -0.2) is 10.9 Å². The van der Waals surface area contributed by atoms with Crippen molar-refractivity contribution >= 4 is 11.7 Å². The number of carbonyl (C=O) groups is 1. The molecule has 0 radical (unpaired) electrons. The summed E-state index contributed by atoms with van der Waals surface area (Å²) in [5.41, 5.74) is 0.743. The summed E-state index contributed by atoms with van der Waals surface area (Å²) in [5, 5.41) is 10.5. The van der Waals surface area contributed by atoms with Crippen molar-refractivity contribution in [2.24, 2.45) is 0 Å². The van der Waals surface area contributed by atoms with Crippen molar-refractivity contribution in [1.29, 1.82) is 0 Å². The number of hydrogen-bond donors (Lipinski definition) is 0. The van der Waals surface area contributed by atoms with Crippen LogP contribution in [0.4, 0.5) is 5.69 Å². The lowest BCUT2D eigenvalue weighted by Crippen LogP contribution is -2.08. The van der Waals surface area contributed by atoms with Crippen LogP contribution in [0.3, 0.4) is 0 Å². The number of nitro groups is 1. The van der Waals surface area contributed by atoms with Gasteiger partial charge in [-0.15, -0.1) is 0 Å². The molecule has 1 rings (SSSR count). The summed E-state index contributed by atoms with van der Waals surface area (Å²) >= 11 is 0. The zero-order valence-electron chi connectivity index (χ0n) is 9.46. The Labute approximate surface area is 98.9 Å². The second-order valence-electron chi connectivity index (χ2n) is 3.39. The van der Waals surface area contributed by atoms with Gasteiger partial charge in [0.05, 0.1) is 4.92 Å². The number of non-ortho nitro benzene ring substituents is 1. The number of esters is 1. The van der Waals surface area contributed by atoms with Crippen molar-refractivity contribution in [1.82, 2.24) is 0 Å². The van der Waals surface area contributed by atoms with E-state index in [-0.39, 0.29) is 5.69 Å². The Kier molecular flexibility index (Phi) is 4.39. The first-order valence-corrected chi connectivity index (χ1v) is 5.16. The second kappa shape index (κ2) is 5.79. The minimum absolute atomic E-state index is 0.0126. The maximum atomic E-state index is 11.1. The third kappa shape index (κ3) is 3.41. The van der Waals surface area contributed by atoms with Crippen molar-refractivity contribution in [2.75, 3.05) is 0 Å². The largest absolute Gasteiger partial charge is 0.454 e. The molecule has 0 aliphatic rings. The molecule has 1 atom stereocenters. The Hall–Kier alpha value is -2.17. The SMILES string of the molecule is C=CC(=O)OC(CC)c1ccc([N+](=O)[O-])cc1. The smallest absolute Gasteiger partial charge is 0.330 e. The van der Waals surface area contributed by atoms with Gasteiger partial charge in [-0.05, 0) is 24.1 Å². The van der Waals surface area contributed by atoms with Gasteiger partial charge in [-0.25, -0.2) is 4.79 Å². The van der Waals surface area contributed by atoms with Gasteiger partial charge in [-0.1, -0.05) is 13.5 Å². The second-order valence-corrected chi connectivity index (χ2v) is 3.39. The molecule has 1 aromatic carbocycles. The third-order valence-electron chi connectivity index (χ3n) is 2.27. The fraction of sp³-hybridized carbons (Fsp3) is 0.250. The molecule has 17 heavy (non-hydrogen) atoms. The Morgan fingerprint density at radius 2 is 2.12 bits per heavy atom. The number of benzene rings is 1. The Balaban J connectivity index is 2.85. The molecule has 0 heterocycles. The van der Waals surface area contributed by atoms with Gasteiger partial charge in [-0.3, -0.25) is 10.1 Å². The van der Waals surface area contributed by atoms with Crippen molar-refractivity contribution < 1.29 is 14.5 Å². The molecule has 0 amide bonds. The Morgan fingerprint density at radius 1 is 1.53 bits per heavy atom. The first-order valence-electron chi connectivity index (χ1n) is 5.16. The zero-order valence-corrected chi connectivity index (χ0v) is 9.46. The van der Waals surface area contributed by atoms with Gasteiger partial charge in [0.25, 0.3) is 5.69 Å². The normalized spacial score (nSPS) is 11.6. The molecule has 0 saturated carbocycles. The molecular formula is C12H13NO4. The minimum Gasteiger partial charge on any atom is -0.454 e. The van der Waals surface area contributed by atoms with Gasteiger partial charge in [0.1, 0.15) is 6.10 Å². The minimum atomic E-state index is -0.504. The highest BCUT2D eigenvalue weighted by atomic mass is 16.6. The predicted octanol–water partition coefficient (Wildman–Crippen LogP) is 2.78. The fourth-order valence-corrected chi connectivity index (χ4v) is 1.39. The van der Waals surface area contributed by atoms with Crippen LogP contribution in [0.5, 0.6) is 0 Å². The van der Waals surface area contributed by atoms with E-state index in [1.54, 1.807) is 12.1 Å². The molecule has 5 heteroatoms. The average molecular weight is 235 g/mol. The third-order valence-corrected chi connectivity index (χ3v) is 2.27. The van der Waals surface area contributed by atoms with Crippen LogP contribution in [0.1, 0.15) is 25.0 Å². The quantitative estimate of drug-likeness (QED) is 0.340. The topological polar surface area (TPSA) is 69.4 Å². The maximum Gasteiger partial charge on any atom is 0.330 e. The van der Waals surface area contributed by atoms with E-state index in [1.165, 1.54) is 12.1 Å². The Morgan fingerprint density at radius 3 is 2.53 bits per heavy atom. The standard InChI is InChI=1S/C12H13NO4/c1-3-11(17-12(14)4-2)9-5-7-10(8-6-9)13(15)16/h4-8,11H,2-3H2,1H3. The zero-order chi connectivity index (χ0) is 12.8. The highest BCUT2D eigenvalue weighted by Gasteiger charge is 2.14. The first kappa shape index (κ1) is 12.9. The summed E-state index contributed by atoms with van der Waals surface area (Å²) in [6.07, 6.45) is 1.28. The first-order chi connectivity index (χ1) is 8.08. The van der Waals surface area contributed by atoms with Crippen LogP contribution >= 0.6 is 0 Å². The Bertz CT molecular complexity index is 425. The van der Waals surface area contributed by atoms with E-state index in [0.717, 1.165) is 11.6 Å². The number of nitro benzene ring substituents is 1. The van der Waals surface area contributed by atoms with Gasteiger partial charge < -0.3 is 4.74 Å². The van der Waals surface area contributed by atoms with E-state index >= 15 is 0 Å². The van der Waals surface area contributed by atoms with Crippen LogP contribution in [-0.2, 0) is 9.53 Å². The average Bonchev–Trinajstić information content (AvgIpc) is 2.35. The van der Waals surface area contributed by atoms with Crippen LogP contribution < -0.4 is 0 Å². The lowest BCUT2D eigenvalue weighted by molar-refractivity contribution is -0.384. The van der Waals surface area contributed by atoms with E-state index in [9.17, 15) is 14.9 Å². The highest BCUT2D eigenvalue weighted by molar-refractivity contribution is 5.81. The molecule has 1 aromatic rings. The molecule has 90 valence electrons. The van der Waals surface area contributed by atoms with Crippen molar-refractivity contribution in [2.45, 2.75) is 19.4 Å². The van der Waals surface area contributed by atoms with Gasteiger partial charge in [-0.2, -0.15) is 0 Å². The molecule has 0 saturated heterocycles. The van der Waals surface area contributed by atoms with Crippen molar-refractivity contribution in [3.63, 3.8) is 0 Å². The molecule has 0 aromatic heterocycles. The van der Waals surface area contributed by atoms with Crippen LogP contribution in [0, 0.1) is 10.1 Å². The summed E-state index contributed by atoms with van der Waals surface area (Å²) in [4.78, 5) is 21.1. The molecule has 0 spiro atoms. The van der Waals surface area contributed by atoms with E-state index in [1.807, 2.05) is 6.92 Å². The molecular weight excluding hydrogens is 222 g/mol. The molecule has 5 nitrogen and oxygen atoms in total. The van der Waals surface area contributed by atoms with Gasteiger partial charge in [0, 0.05) is 18.2 Å². The van der Waals surface area contributed by atoms with E-state index in [0.29, 0.717) is 6.42 Å². The molecule has 0 aliphatic heterocycles. The van der Waals surface area contributed by atoms with E-state index < -0.39 is 17.0 Å². The lowest BCUT2D eigenvalue weighted by Gasteiger charge is -2.15. The monoisotopic (exact) mass is 235 g/mol. The fourth-order valence-electron chi connectivity index (χ4n) is 1.39. The highest BCUT2D eigenvalue weighted by Crippen LogP contribution is 2.23. The molecule has 0 fully saturated rings. The van der Waals surface area contributed by atoms with Gasteiger partial charge in [0.2, 0.25) is 0 Å². The summed E-state index contributed by atoms with van der Waals surface area (Å²) in [6, 6.07) is 5.95. The van der Waals surface area contributed by atoms with E-state index in [4.69, 9.17) is 4.74 Å². The molecule has 0 aliphatic carbocycles. The summed E-state index contributed by atoms with van der Waals surface area (Å²) in [7, 11) is 0. The van der Waals surface area contributed by atoms with Crippen LogP contribution in [0.25, 0.3) is 0 Å². The molecule has 1 unspecified atom stereocenters. The number of carbonyl (C=O) groups excluding carboxylic acids is 1. The molecule has 0 bridgehead atoms. The number of hydrogen-bond acceptors (Lipinski definition) is 4. The van der Waals surface area contributed by atoms with Gasteiger partial charge >= 0.3 is 5.97 Å².